The van der Waals surface area contributed by atoms with Crippen molar-refractivity contribution >= 4 is 5.97 Å². The van der Waals surface area contributed by atoms with Crippen LogP contribution >= 0.6 is 0 Å². The highest BCUT2D eigenvalue weighted by Gasteiger charge is 2.59. The second-order valence-corrected chi connectivity index (χ2v) is 11.4. The molecule has 6 rings (SSSR count). The Balaban J connectivity index is 1.13. The van der Waals surface area contributed by atoms with Crippen LogP contribution in [0.5, 0.6) is 0 Å². The number of benzene rings is 1. The van der Waals surface area contributed by atoms with E-state index >= 15 is 0 Å². The van der Waals surface area contributed by atoms with E-state index in [4.69, 9.17) is 14.2 Å². The maximum absolute atomic E-state index is 12.4. The van der Waals surface area contributed by atoms with Gasteiger partial charge < -0.3 is 19.3 Å². The summed E-state index contributed by atoms with van der Waals surface area (Å²) in [6.07, 6.45) is 10.7. The molecular formula is C28H38O5. The van der Waals surface area contributed by atoms with Crippen molar-refractivity contribution in [3.63, 3.8) is 0 Å². The molecule has 5 fully saturated rings. The average molecular weight is 455 g/mol. The number of hydrogen-bond acceptors (Lipinski definition) is 5. The second kappa shape index (κ2) is 8.66. The van der Waals surface area contributed by atoms with Gasteiger partial charge in [0.25, 0.3) is 0 Å². The summed E-state index contributed by atoms with van der Waals surface area (Å²) in [7, 11) is 0. The Hall–Kier alpha value is -1.43. The average Bonchev–Trinajstić information content (AvgIpc) is 3.43. The number of ether oxygens (including phenoxy) is 3. The zero-order chi connectivity index (χ0) is 22.5. The van der Waals surface area contributed by atoms with Gasteiger partial charge in [0.15, 0.2) is 5.79 Å². The minimum absolute atomic E-state index is 0.0709. The molecule has 5 heteroatoms. The Morgan fingerprint density at radius 2 is 1.73 bits per heavy atom. The van der Waals surface area contributed by atoms with E-state index in [-0.39, 0.29) is 23.3 Å². The van der Waals surface area contributed by atoms with Crippen LogP contribution in [-0.2, 0) is 14.2 Å². The lowest BCUT2D eigenvalue weighted by Gasteiger charge is -2.57. The topological polar surface area (TPSA) is 65.0 Å². The molecular weight excluding hydrogens is 416 g/mol. The molecule has 0 radical (unpaired) electrons. The second-order valence-electron chi connectivity index (χ2n) is 11.4. The maximum atomic E-state index is 12.4. The number of aliphatic hydroxyl groups excluding tert-OH is 1. The summed E-state index contributed by atoms with van der Waals surface area (Å²) >= 11 is 0. The van der Waals surface area contributed by atoms with E-state index in [0.29, 0.717) is 24.0 Å². The van der Waals surface area contributed by atoms with Crippen LogP contribution < -0.4 is 0 Å². The summed E-state index contributed by atoms with van der Waals surface area (Å²) in [5.74, 6) is 3.03. The van der Waals surface area contributed by atoms with Crippen molar-refractivity contribution in [2.45, 2.75) is 76.1 Å². The Bertz CT molecular complexity index is 849. The first-order valence-electron chi connectivity index (χ1n) is 13.3. The van der Waals surface area contributed by atoms with Crippen molar-refractivity contribution in [1.82, 2.24) is 0 Å². The summed E-state index contributed by atoms with van der Waals surface area (Å²) in [6.45, 7) is 1.91. The first-order valence-corrected chi connectivity index (χ1v) is 13.3. The van der Waals surface area contributed by atoms with Crippen LogP contribution in [0.4, 0.5) is 0 Å². The van der Waals surface area contributed by atoms with Gasteiger partial charge in [-0.2, -0.15) is 0 Å². The fraction of sp³-hybridized carbons (Fsp3) is 0.750. The number of aliphatic hydroxyl groups is 1. The van der Waals surface area contributed by atoms with Crippen molar-refractivity contribution in [3.05, 3.63) is 35.9 Å². The lowest BCUT2D eigenvalue weighted by atomic mass is 9.49. The van der Waals surface area contributed by atoms with Gasteiger partial charge in [-0.1, -0.05) is 18.2 Å². The van der Waals surface area contributed by atoms with Gasteiger partial charge in [0.1, 0.15) is 0 Å². The van der Waals surface area contributed by atoms with E-state index in [0.717, 1.165) is 69.5 Å². The Morgan fingerprint density at radius 3 is 2.55 bits per heavy atom. The van der Waals surface area contributed by atoms with Gasteiger partial charge in [-0.3, -0.25) is 0 Å². The molecule has 0 aromatic heterocycles. The number of carbonyl (C=O) groups is 1. The zero-order valence-corrected chi connectivity index (χ0v) is 19.6. The fourth-order valence-electron chi connectivity index (χ4n) is 8.84. The highest BCUT2D eigenvalue weighted by molar-refractivity contribution is 5.89. The van der Waals surface area contributed by atoms with Crippen LogP contribution in [0.25, 0.3) is 0 Å². The molecule has 5 unspecified atom stereocenters. The van der Waals surface area contributed by atoms with Crippen LogP contribution in [0, 0.1) is 35.0 Å². The third-order valence-electron chi connectivity index (χ3n) is 10.2. The molecule has 33 heavy (non-hydrogen) atoms. The third kappa shape index (κ3) is 3.75. The molecule has 1 spiro atoms. The minimum atomic E-state index is -0.279. The molecule has 4 aliphatic carbocycles. The minimum Gasteiger partial charge on any atom is -0.462 e. The first-order chi connectivity index (χ1) is 16.1. The van der Waals surface area contributed by atoms with Crippen LogP contribution in [0.3, 0.4) is 0 Å². The van der Waals surface area contributed by atoms with Crippen LogP contribution in [0.2, 0.25) is 0 Å². The maximum Gasteiger partial charge on any atom is 0.338 e. The van der Waals surface area contributed by atoms with Gasteiger partial charge >= 0.3 is 5.97 Å². The lowest BCUT2D eigenvalue weighted by molar-refractivity contribution is -0.210. The third-order valence-corrected chi connectivity index (χ3v) is 10.2. The largest absolute Gasteiger partial charge is 0.462 e. The molecule has 1 aromatic rings. The molecule has 7 atom stereocenters. The molecule has 1 saturated heterocycles. The van der Waals surface area contributed by atoms with Gasteiger partial charge in [-0.15, -0.1) is 0 Å². The number of carbonyl (C=O) groups excluding carboxylic acids is 1. The molecule has 5 nitrogen and oxygen atoms in total. The summed E-state index contributed by atoms with van der Waals surface area (Å²) in [6, 6.07) is 9.23. The summed E-state index contributed by atoms with van der Waals surface area (Å²) in [5, 5.41) is 11.1. The van der Waals surface area contributed by atoms with Crippen molar-refractivity contribution in [1.29, 1.82) is 0 Å². The molecule has 4 saturated carbocycles. The highest BCUT2D eigenvalue weighted by Crippen LogP contribution is 2.64. The van der Waals surface area contributed by atoms with E-state index in [1.807, 2.05) is 18.2 Å². The smallest absolute Gasteiger partial charge is 0.338 e. The van der Waals surface area contributed by atoms with E-state index in [2.05, 4.69) is 0 Å². The number of hydrogen-bond donors (Lipinski definition) is 1. The van der Waals surface area contributed by atoms with Gasteiger partial charge in [-0.25, -0.2) is 4.79 Å². The van der Waals surface area contributed by atoms with Crippen molar-refractivity contribution in [2.24, 2.45) is 35.0 Å². The predicted octanol–water partition coefficient (Wildman–Crippen LogP) is 4.97. The standard InChI is InChI=1S/C28H38O5/c29-25-9-8-24-23-7-6-20-18-28(32-16-17-33-28)13-11-21(20)22(23)10-12-27(24,25)14-15-31-26(30)19-4-2-1-3-5-19/h1-5,20-25,29H,6-18H2/t20?,21?,22?,23?,24?,25-,27+/m0/s1. The lowest BCUT2D eigenvalue weighted by Crippen LogP contribution is -2.52. The Labute approximate surface area is 197 Å². The van der Waals surface area contributed by atoms with Crippen molar-refractivity contribution < 1.29 is 24.1 Å². The van der Waals surface area contributed by atoms with Crippen LogP contribution in [-0.4, -0.2) is 42.8 Å². The number of esters is 1. The predicted molar refractivity (Wildman–Crippen MR) is 123 cm³/mol. The summed E-state index contributed by atoms with van der Waals surface area (Å²) in [4.78, 5) is 12.4. The van der Waals surface area contributed by atoms with E-state index < -0.39 is 0 Å². The molecule has 0 bridgehead atoms. The molecule has 1 aliphatic heterocycles. The van der Waals surface area contributed by atoms with Gasteiger partial charge in [-0.05, 0) is 93.1 Å². The zero-order valence-electron chi connectivity index (χ0n) is 19.6. The molecule has 5 aliphatic rings. The quantitative estimate of drug-likeness (QED) is 0.651. The molecule has 0 amide bonds. The summed E-state index contributed by atoms with van der Waals surface area (Å²) < 4.78 is 17.8. The summed E-state index contributed by atoms with van der Waals surface area (Å²) in [5.41, 5.74) is 0.532. The number of rotatable bonds is 4. The fourth-order valence-corrected chi connectivity index (χ4v) is 8.84. The van der Waals surface area contributed by atoms with Gasteiger partial charge in [0.2, 0.25) is 0 Å². The van der Waals surface area contributed by atoms with E-state index in [1.165, 1.54) is 25.7 Å². The SMILES string of the molecule is O=C(OCC[C@]12CCC3C4CCC5(CC4CCC3C1CC[C@@H]2O)OCCO5)c1ccccc1. The number of fused-ring (bicyclic) bond motifs is 5. The van der Waals surface area contributed by atoms with E-state index in [9.17, 15) is 9.90 Å². The van der Waals surface area contributed by atoms with Gasteiger partial charge in [0.05, 0.1) is 31.5 Å². The van der Waals surface area contributed by atoms with Crippen molar-refractivity contribution in [3.8, 4) is 0 Å². The molecule has 1 heterocycles. The highest BCUT2D eigenvalue weighted by atomic mass is 16.7. The first kappa shape index (κ1) is 22.1. The van der Waals surface area contributed by atoms with E-state index in [1.54, 1.807) is 12.1 Å². The van der Waals surface area contributed by atoms with Gasteiger partial charge in [0, 0.05) is 18.3 Å². The molecule has 180 valence electrons. The Morgan fingerprint density at radius 1 is 0.939 bits per heavy atom. The molecule has 1 aromatic carbocycles. The monoisotopic (exact) mass is 454 g/mol. The van der Waals surface area contributed by atoms with Crippen molar-refractivity contribution in [2.75, 3.05) is 19.8 Å². The van der Waals surface area contributed by atoms with Crippen LogP contribution in [0.1, 0.15) is 74.6 Å². The normalized spacial score (nSPS) is 41.2. The molecule has 1 N–H and O–H groups in total. The van der Waals surface area contributed by atoms with Crippen LogP contribution in [0.15, 0.2) is 30.3 Å². The Kier molecular flexibility index (Phi) is 5.79.